The van der Waals surface area contributed by atoms with Crippen molar-refractivity contribution in [2.24, 2.45) is 11.8 Å². The van der Waals surface area contributed by atoms with Crippen molar-refractivity contribution in [3.05, 3.63) is 11.7 Å². The van der Waals surface area contributed by atoms with Crippen LogP contribution >= 0.6 is 0 Å². The molecule has 2 aliphatic rings. The van der Waals surface area contributed by atoms with Crippen molar-refractivity contribution in [1.82, 2.24) is 20.4 Å². The highest BCUT2D eigenvalue weighted by molar-refractivity contribution is 5.90. The van der Waals surface area contributed by atoms with Crippen molar-refractivity contribution in [3.8, 4) is 0 Å². The molecule has 6 heteroatoms. The lowest BCUT2D eigenvalue weighted by Gasteiger charge is -2.16. The summed E-state index contributed by atoms with van der Waals surface area (Å²) in [4.78, 5) is 18.5. The van der Waals surface area contributed by atoms with Crippen LogP contribution in [0.4, 0.5) is 0 Å². The van der Waals surface area contributed by atoms with Crippen LogP contribution in [-0.4, -0.2) is 40.6 Å². The molecule has 0 radical (unpaired) electrons. The summed E-state index contributed by atoms with van der Waals surface area (Å²) in [7, 11) is 0. The number of hydrogen-bond donors (Lipinski definition) is 1. The number of carbonyl (C=O) groups is 1. The third-order valence-electron chi connectivity index (χ3n) is 4.45. The number of likely N-dealkylation sites (tertiary alicyclic amines) is 1. The van der Waals surface area contributed by atoms with Gasteiger partial charge < -0.3 is 14.7 Å². The topological polar surface area (TPSA) is 71.3 Å². The van der Waals surface area contributed by atoms with Gasteiger partial charge in [0.2, 0.25) is 5.89 Å². The van der Waals surface area contributed by atoms with Gasteiger partial charge in [-0.2, -0.15) is 4.98 Å². The second-order valence-electron chi connectivity index (χ2n) is 6.15. The molecule has 0 aliphatic carbocycles. The maximum atomic E-state index is 12.4. The lowest BCUT2D eigenvalue weighted by molar-refractivity contribution is 0.0768. The third-order valence-corrected chi connectivity index (χ3v) is 4.45. The predicted octanol–water partition coefficient (Wildman–Crippen LogP) is 1.61. The van der Waals surface area contributed by atoms with Crippen LogP contribution in [0.15, 0.2) is 4.52 Å². The summed E-state index contributed by atoms with van der Waals surface area (Å²) in [6, 6.07) is 0.117. The highest BCUT2D eigenvalue weighted by Crippen LogP contribution is 2.25. The second kappa shape index (κ2) is 5.52. The Bertz CT molecular complexity index is 479. The number of aromatic nitrogens is 2. The first kappa shape index (κ1) is 13.5. The molecule has 2 saturated heterocycles. The van der Waals surface area contributed by atoms with E-state index in [0.29, 0.717) is 17.7 Å². The molecule has 0 saturated carbocycles. The first-order valence-corrected chi connectivity index (χ1v) is 7.51. The number of hydrogen-bond acceptors (Lipinski definition) is 5. The van der Waals surface area contributed by atoms with Gasteiger partial charge in [0.1, 0.15) is 0 Å². The summed E-state index contributed by atoms with van der Waals surface area (Å²) in [5.74, 6) is 1.85. The third kappa shape index (κ3) is 2.57. The maximum absolute atomic E-state index is 12.4. The van der Waals surface area contributed by atoms with Gasteiger partial charge in [0, 0.05) is 13.1 Å². The van der Waals surface area contributed by atoms with Gasteiger partial charge in [-0.1, -0.05) is 19.0 Å². The molecule has 0 spiro atoms. The SMILES string of the molecule is CC(C)C1CCN(C(=O)c2noc(C3CCCN3)n2)C1. The van der Waals surface area contributed by atoms with E-state index >= 15 is 0 Å². The molecule has 2 aliphatic heterocycles. The predicted molar refractivity (Wildman–Crippen MR) is 73.1 cm³/mol. The molecule has 2 fully saturated rings. The summed E-state index contributed by atoms with van der Waals surface area (Å²) < 4.78 is 5.23. The Kier molecular flexibility index (Phi) is 3.74. The Morgan fingerprint density at radius 1 is 1.45 bits per heavy atom. The van der Waals surface area contributed by atoms with Crippen molar-refractivity contribution in [3.63, 3.8) is 0 Å². The molecule has 1 aromatic heterocycles. The lowest BCUT2D eigenvalue weighted by atomic mass is 9.95. The second-order valence-corrected chi connectivity index (χ2v) is 6.15. The number of carbonyl (C=O) groups excluding carboxylic acids is 1. The van der Waals surface area contributed by atoms with Crippen LogP contribution in [0.25, 0.3) is 0 Å². The molecule has 1 amide bonds. The van der Waals surface area contributed by atoms with Gasteiger partial charge in [-0.15, -0.1) is 0 Å². The Hall–Kier alpha value is -1.43. The van der Waals surface area contributed by atoms with E-state index < -0.39 is 0 Å². The zero-order chi connectivity index (χ0) is 14.1. The van der Waals surface area contributed by atoms with E-state index in [1.54, 1.807) is 0 Å². The molecular formula is C14H22N4O2. The fourth-order valence-electron chi connectivity index (χ4n) is 3.02. The van der Waals surface area contributed by atoms with Crippen LogP contribution in [0.5, 0.6) is 0 Å². The Morgan fingerprint density at radius 2 is 2.30 bits per heavy atom. The minimum absolute atomic E-state index is 0.0962. The minimum Gasteiger partial charge on any atom is -0.337 e. The molecule has 110 valence electrons. The van der Waals surface area contributed by atoms with Crippen LogP contribution < -0.4 is 5.32 Å². The summed E-state index contributed by atoms with van der Waals surface area (Å²) in [5.41, 5.74) is 0. The molecular weight excluding hydrogens is 256 g/mol. The van der Waals surface area contributed by atoms with Crippen molar-refractivity contribution < 1.29 is 9.32 Å². The van der Waals surface area contributed by atoms with Crippen LogP contribution in [0.1, 0.15) is 55.7 Å². The standard InChI is InChI=1S/C14H22N4O2/c1-9(2)10-5-7-18(8-10)14(19)12-16-13(20-17-12)11-4-3-6-15-11/h9-11,15H,3-8H2,1-2H3. The fraction of sp³-hybridized carbons (Fsp3) is 0.786. The Balaban J connectivity index is 1.65. The number of nitrogens with zero attached hydrogens (tertiary/aromatic N) is 3. The molecule has 1 aromatic rings. The Morgan fingerprint density at radius 3 is 2.95 bits per heavy atom. The highest BCUT2D eigenvalue weighted by Gasteiger charge is 2.32. The monoisotopic (exact) mass is 278 g/mol. The molecule has 2 atom stereocenters. The smallest absolute Gasteiger partial charge is 0.295 e. The summed E-state index contributed by atoms with van der Waals surface area (Å²) in [6.45, 7) is 6.99. The van der Waals surface area contributed by atoms with Crippen molar-refractivity contribution >= 4 is 5.91 Å². The highest BCUT2D eigenvalue weighted by atomic mass is 16.5. The van der Waals surface area contributed by atoms with E-state index in [2.05, 4.69) is 29.3 Å². The van der Waals surface area contributed by atoms with E-state index in [-0.39, 0.29) is 17.8 Å². The van der Waals surface area contributed by atoms with E-state index in [9.17, 15) is 4.79 Å². The molecule has 6 nitrogen and oxygen atoms in total. The van der Waals surface area contributed by atoms with Crippen molar-refractivity contribution in [1.29, 1.82) is 0 Å². The molecule has 3 rings (SSSR count). The zero-order valence-corrected chi connectivity index (χ0v) is 12.1. The summed E-state index contributed by atoms with van der Waals surface area (Å²) >= 11 is 0. The van der Waals surface area contributed by atoms with Crippen LogP contribution in [0.2, 0.25) is 0 Å². The first-order valence-electron chi connectivity index (χ1n) is 7.51. The average molecular weight is 278 g/mol. The average Bonchev–Trinajstić information content (AvgIpc) is 3.17. The van der Waals surface area contributed by atoms with Gasteiger partial charge in [-0.05, 0) is 37.6 Å². The van der Waals surface area contributed by atoms with Gasteiger partial charge in [-0.25, -0.2) is 0 Å². The molecule has 20 heavy (non-hydrogen) atoms. The largest absolute Gasteiger partial charge is 0.337 e. The molecule has 0 aromatic carbocycles. The van der Waals surface area contributed by atoms with Gasteiger partial charge in [0.05, 0.1) is 6.04 Å². The normalized spacial score (nSPS) is 26.6. The van der Waals surface area contributed by atoms with Crippen LogP contribution in [0, 0.1) is 11.8 Å². The van der Waals surface area contributed by atoms with E-state index in [4.69, 9.17) is 4.52 Å². The minimum atomic E-state index is -0.0962. The van der Waals surface area contributed by atoms with Crippen molar-refractivity contribution in [2.75, 3.05) is 19.6 Å². The maximum Gasteiger partial charge on any atom is 0.295 e. The summed E-state index contributed by atoms with van der Waals surface area (Å²) in [6.07, 6.45) is 3.17. The van der Waals surface area contributed by atoms with Crippen molar-refractivity contribution in [2.45, 2.75) is 39.2 Å². The number of nitrogens with one attached hydrogen (secondary N) is 1. The zero-order valence-electron chi connectivity index (χ0n) is 12.1. The first-order chi connectivity index (χ1) is 9.65. The van der Waals surface area contributed by atoms with Crippen LogP contribution in [-0.2, 0) is 0 Å². The van der Waals surface area contributed by atoms with E-state index in [1.807, 2.05) is 4.90 Å². The van der Waals surface area contributed by atoms with Gasteiger partial charge in [0.25, 0.3) is 11.7 Å². The Labute approximate surface area is 118 Å². The van der Waals surface area contributed by atoms with Gasteiger partial charge in [0.15, 0.2) is 0 Å². The quantitative estimate of drug-likeness (QED) is 0.909. The number of rotatable bonds is 3. The molecule has 0 bridgehead atoms. The summed E-state index contributed by atoms with van der Waals surface area (Å²) in [5, 5.41) is 7.15. The fourth-order valence-corrected chi connectivity index (χ4v) is 3.02. The number of amides is 1. The molecule has 3 heterocycles. The van der Waals surface area contributed by atoms with E-state index in [0.717, 1.165) is 38.9 Å². The van der Waals surface area contributed by atoms with Crippen LogP contribution in [0.3, 0.4) is 0 Å². The molecule has 1 N–H and O–H groups in total. The molecule has 2 unspecified atom stereocenters. The van der Waals surface area contributed by atoms with E-state index in [1.165, 1.54) is 0 Å². The van der Waals surface area contributed by atoms with Gasteiger partial charge >= 0.3 is 0 Å². The van der Waals surface area contributed by atoms with Gasteiger partial charge in [-0.3, -0.25) is 4.79 Å². The lowest BCUT2D eigenvalue weighted by Crippen LogP contribution is -2.30.